The number of carbonyl (C=O) groups is 3. The van der Waals surface area contributed by atoms with Crippen LogP contribution in [-0.2, 0) is 68.3 Å². The van der Waals surface area contributed by atoms with Crippen molar-refractivity contribution in [2.75, 3.05) is 53.2 Å². The van der Waals surface area contributed by atoms with Crippen LogP contribution in [-0.4, -0.2) is 105 Å². The van der Waals surface area contributed by atoms with Crippen LogP contribution in [0.3, 0.4) is 0 Å². The molecule has 452 valence electrons. The van der Waals surface area contributed by atoms with Crippen molar-refractivity contribution in [2.45, 2.75) is 120 Å². The maximum absolute atomic E-state index is 12.7. The van der Waals surface area contributed by atoms with Crippen molar-refractivity contribution in [1.29, 1.82) is 0 Å². The van der Waals surface area contributed by atoms with E-state index in [0.717, 1.165) is 105 Å². The summed E-state index contributed by atoms with van der Waals surface area (Å²) < 4.78 is 57.0. The van der Waals surface area contributed by atoms with Crippen LogP contribution >= 0.6 is 36.1 Å². The van der Waals surface area contributed by atoms with Gasteiger partial charge in [-0.2, -0.15) is 13.0 Å². The molecule has 84 heavy (non-hydrogen) atoms. The maximum Gasteiger partial charge on any atom is 0.333 e. The highest BCUT2D eigenvalue weighted by molar-refractivity contribution is 7.95. The van der Waals surface area contributed by atoms with Gasteiger partial charge in [0, 0.05) is 126 Å². The number of unbranched alkanes of at least 4 members (excludes halogenated alkanes) is 2. The molecule has 0 unspecified atom stereocenters. The largest absolute Gasteiger partial charge is 0.457 e. The number of anilines is 2. The van der Waals surface area contributed by atoms with Crippen molar-refractivity contribution in [1.82, 2.24) is 5.06 Å². The van der Waals surface area contributed by atoms with Crippen LogP contribution in [0.15, 0.2) is 131 Å². The number of rotatable bonds is 32. The van der Waals surface area contributed by atoms with Gasteiger partial charge in [0.15, 0.2) is 5.71 Å². The molecule has 0 spiro atoms. The van der Waals surface area contributed by atoms with Gasteiger partial charge in [-0.3, -0.25) is 14.1 Å². The standard InChI is InChI=1S/C59H70N4O17S4/c1-58(2)48-40-44(60(33-11-37-81-78-75-67)34-12-38-82-79-76-68)22-28-49(48)61(36-13-39-84(70,71)72)51(58)29-20-42-15-10-16-43(57(42)73-45-23-25-46(26-24-45)83-80-77-69)21-30-52-59(3,4)56-47-17-8-7-14-41(47)19-27-50(56)62(52)35-9-5-6-18-55(66)74-63-53(64)31-32-54(63)65/h7-8,14,17,19-30,40H,5-6,9-13,15-16,18,31-39H2,1-4H3,(H3-,67,68,69,70,71,72)/p+1. The Hall–Kier alpha value is -5.62. The highest BCUT2D eigenvalue weighted by atomic mass is 32.2. The molecule has 8 rings (SSSR count). The number of imide groups is 1. The summed E-state index contributed by atoms with van der Waals surface area (Å²) in [7, 11) is -4.25. The van der Waals surface area contributed by atoms with Gasteiger partial charge < -0.3 is 19.4 Å². The predicted molar refractivity (Wildman–Crippen MR) is 320 cm³/mol. The summed E-state index contributed by atoms with van der Waals surface area (Å²) in [5.41, 5.74) is 7.97. The van der Waals surface area contributed by atoms with Crippen LogP contribution in [0, 0.1) is 0 Å². The Labute approximate surface area is 501 Å². The molecule has 4 aromatic carbocycles. The lowest BCUT2D eigenvalue weighted by atomic mass is 9.80. The Morgan fingerprint density at radius 2 is 1.46 bits per heavy atom. The zero-order chi connectivity index (χ0) is 59.9. The van der Waals surface area contributed by atoms with Crippen LogP contribution in [0.2, 0.25) is 0 Å². The molecule has 0 bridgehead atoms. The molecule has 1 saturated heterocycles. The zero-order valence-corrected chi connectivity index (χ0v) is 50.5. The van der Waals surface area contributed by atoms with E-state index in [1.165, 1.54) is 5.56 Å². The molecule has 3 heterocycles. The second kappa shape index (κ2) is 30.1. The normalized spacial score (nSPS) is 17.7. The summed E-state index contributed by atoms with van der Waals surface area (Å²) in [6.07, 6.45) is 14.3. The molecule has 4 aliphatic rings. The molecule has 0 radical (unpaired) electrons. The molecule has 25 heteroatoms. The van der Waals surface area contributed by atoms with Crippen LogP contribution < -0.4 is 14.5 Å². The molecule has 1 aliphatic carbocycles. The van der Waals surface area contributed by atoms with Crippen LogP contribution in [0.1, 0.15) is 116 Å². The van der Waals surface area contributed by atoms with E-state index < -0.39 is 44.5 Å². The van der Waals surface area contributed by atoms with Gasteiger partial charge in [0.25, 0.3) is 21.9 Å². The summed E-state index contributed by atoms with van der Waals surface area (Å²) >= 11 is 2.80. The molecule has 21 nitrogen and oxygen atoms in total. The first-order valence-corrected chi connectivity index (χ1v) is 31.9. The lowest BCUT2D eigenvalue weighted by Gasteiger charge is -2.28. The van der Waals surface area contributed by atoms with Crippen molar-refractivity contribution >= 4 is 97.6 Å². The van der Waals surface area contributed by atoms with E-state index in [-0.39, 0.29) is 25.7 Å². The van der Waals surface area contributed by atoms with Crippen molar-refractivity contribution in [2.24, 2.45) is 0 Å². The van der Waals surface area contributed by atoms with E-state index in [1.54, 1.807) is 12.1 Å². The van der Waals surface area contributed by atoms with Gasteiger partial charge in [-0.15, -0.1) is 18.1 Å². The topological polar surface area (TPSA) is 253 Å². The maximum atomic E-state index is 12.7. The van der Waals surface area contributed by atoms with Crippen molar-refractivity contribution in [3.05, 3.63) is 137 Å². The first kappa shape index (κ1) is 64.4. The molecule has 2 amide bonds. The number of nitrogens with zero attached hydrogens (tertiary/aromatic N) is 4. The Morgan fingerprint density at radius 3 is 2.15 bits per heavy atom. The van der Waals surface area contributed by atoms with Gasteiger partial charge in [-0.25, -0.2) is 20.6 Å². The molecule has 0 aromatic heterocycles. The average molecular weight is 1240 g/mol. The van der Waals surface area contributed by atoms with Crippen LogP contribution in [0.25, 0.3) is 10.8 Å². The number of hydrogen-bond acceptors (Lipinski definition) is 21. The second-order valence-corrected chi connectivity index (χ2v) is 25.4. The number of amides is 2. The van der Waals surface area contributed by atoms with Gasteiger partial charge in [-0.05, 0) is 141 Å². The van der Waals surface area contributed by atoms with E-state index in [4.69, 9.17) is 25.3 Å². The third-order valence-electron chi connectivity index (χ3n) is 15.3. The molecular formula is C59H71N4O17S4+. The Morgan fingerprint density at radius 1 is 0.762 bits per heavy atom. The van der Waals surface area contributed by atoms with Crippen molar-refractivity contribution in [3.8, 4) is 5.75 Å². The first-order valence-electron chi connectivity index (χ1n) is 27.8. The quantitative estimate of drug-likeness (QED) is 0.00674. The smallest absolute Gasteiger partial charge is 0.333 e. The van der Waals surface area contributed by atoms with Crippen molar-refractivity contribution < 1.29 is 85.4 Å². The summed E-state index contributed by atoms with van der Waals surface area (Å²) in [6.45, 7) is 10.9. The zero-order valence-electron chi connectivity index (χ0n) is 47.3. The van der Waals surface area contributed by atoms with Crippen LogP contribution in [0.5, 0.6) is 5.75 Å². The molecule has 0 atom stereocenters. The lowest BCUT2D eigenvalue weighted by molar-refractivity contribution is -0.437. The van der Waals surface area contributed by atoms with E-state index in [9.17, 15) is 27.4 Å². The lowest BCUT2D eigenvalue weighted by Crippen LogP contribution is -2.32. The summed E-state index contributed by atoms with van der Waals surface area (Å²) in [5, 5.41) is 40.4. The molecule has 1 fully saturated rings. The van der Waals surface area contributed by atoms with Crippen LogP contribution in [0.4, 0.5) is 17.1 Å². The fourth-order valence-electron chi connectivity index (χ4n) is 11.4. The molecule has 0 saturated carbocycles. The van der Waals surface area contributed by atoms with Gasteiger partial charge in [0.1, 0.15) is 18.1 Å². The highest BCUT2D eigenvalue weighted by Gasteiger charge is 2.45. The van der Waals surface area contributed by atoms with Crippen molar-refractivity contribution in [3.63, 3.8) is 0 Å². The minimum atomic E-state index is -4.25. The summed E-state index contributed by atoms with van der Waals surface area (Å²) in [5.74, 6) is 0.244. The number of hydrogen-bond donors (Lipinski definition) is 4. The van der Waals surface area contributed by atoms with E-state index in [2.05, 4.69) is 131 Å². The second-order valence-electron chi connectivity index (χ2n) is 21.5. The fourth-order valence-corrected chi connectivity index (χ4v) is 12.9. The number of allylic oxidation sites excluding steroid dienone is 7. The third kappa shape index (κ3) is 16.3. The first-order chi connectivity index (χ1) is 40.4. The Balaban J connectivity index is 1.15. The minimum Gasteiger partial charge on any atom is -0.457 e. The van der Waals surface area contributed by atoms with Gasteiger partial charge in [0.05, 0.1) is 23.2 Å². The third-order valence-corrected chi connectivity index (χ3v) is 17.9. The monoisotopic (exact) mass is 1240 g/mol. The summed E-state index contributed by atoms with van der Waals surface area (Å²) in [4.78, 5) is 47.2. The van der Waals surface area contributed by atoms with Gasteiger partial charge in [0.2, 0.25) is 5.69 Å². The Kier molecular flexibility index (Phi) is 23.1. The summed E-state index contributed by atoms with van der Waals surface area (Å²) in [6, 6.07) is 26.1. The number of carbonyl (C=O) groups excluding carboxylic acids is 3. The minimum absolute atomic E-state index is 0.0325. The molecule has 4 N–H and O–H groups in total. The highest BCUT2D eigenvalue weighted by Crippen LogP contribution is 2.51. The number of fused-ring (bicyclic) bond motifs is 4. The number of hydroxylamine groups is 2. The fraction of sp³-hybridized carbons (Fsp3) is 0.424. The van der Waals surface area contributed by atoms with E-state index >= 15 is 0 Å². The average Bonchev–Trinajstić information content (AvgIpc) is 2.06. The molecule has 4 aromatic rings. The molecule has 3 aliphatic heterocycles. The Bertz CT molecular complexity index is 3240. The molecular weight excluding hydrogens is 1160 g/mol. The number of ether oxygens (including phenoxy) is 1. The SMILES string of the molecule is CC1(C)C(/C=C/C2=C(Oc3ccc(SOOO)cc3)C(=C/C=C3/N(CCCCCC(=O)ON4C(=O)CCC4=O)c4ccc5ccccc5c4C3(C)C)/CCC2)=[N+](CCCS(=O)(=O)O)c2ccc(N(CCCSOOO)CCCSOOO)cc21. The predicted octanol–water partition coefficient (Wildman–Crippen LogP) is 12.5. The van der Waals surface area contributed by atoms with Gasteiger partial charge >= 0.3 is 5.97 Å². The van der Waals surface area contributed by atoms with E-state index in [0.29, 0.717) is 97.7 Å². The van der Waals surface area contributed by atoms with Gasteiger partial charge in [-0.1, -0.05) is 71.8 Å². The number of benzene rings is 4. The van der Waals surface area contributed by atoms with E-state index in [1.807, 2.05) is 30.3 Å².